The number of aliphatic hydroxyl groups is 8. The van der Waals surface area contributed by atoms with E-state index in [0.29, 0.717) is 50.4 Å². The molecule has 2 saturated heterocycles. The molecule has 0 spiro atoms. The van der Waals surface area contributed by atoms with Crippen molar-refractivity contribution in [2.24, 2.45) is 0 Å². The maximum atomic E-state index is 13.8. The summed E-state index contributed by atoms with van der Waals surface area (Å²) in [6.45, 7) is 1.67. The lowest BCUT2D eigenvalue weighted by Crippen LogP contribution is -2.58. The third-order valence-electron chi connectivity index (χ3n) is 12.1. The average molecular weight is 895 g/mol. The number of aliphatic hydroxyl groups excluding tert-OH is 8. The van der Waals surface area contributed by atoms with Gasteiger partial charge in [-0.1, -0.05) is 10.4 Å². The monoisotopic (exact) mass is 894 g/mol. The van der Waals surface area contributed by atoms with Crippen molar-refractivity contribution in [3.8, 4) is 0 Å². The number of benzene rings is 2. The van der Waals surface area contributed by atoms with Gasteiger partial charge in [0.2, 0.25) is 0 Å². The highest BCUT2D eigenvalue weighted by molar-refractivity contribution is 6.33. The summed E-state index contributed by atoms with van der Waals surface area (Å²) in [5.74, 6) is -2.15. The van der Waals surface area contributed by atoms with E-state index in [0.717, 1.165) is 9.80 Å². The lowest BCUT2D eigenvalue weighted by Gasteiger charge is -2.38. The highest BCUT2D eigenvalue weighted by Crippen LogP contribution is 2.38. The van der Waals surface area contributed by atoms with Gasteiger partial charge < -0.3 is 60.1 Å². The number of hydrogen-bond acceptors (Lipinski definition) is 20. The number of nitrogens with zero attached hydrogens (tertiary/aromatic N) is 10. The van der Waals surface area contributed by atoms with Crippen LogP contribution in [0.1, 0.15) is 65.7 Å². The van der Waals surface area contributed by atoms with Crippen molar-refractivity contribution in [3.63, 3.8) is 0 Å². The Labute approximate surface area is 364 Å². The lowest BCUT2D eigenvalue weighted by molar-refractivity contribution is -0.284. The summed E-state index contributed by atoms with van der Waals surface area (Å²) in [7, 11) is 3.64. The molecule has 4 aromatic rings. The highest BCUT2D eigenvalue weighted by Gasteiger charge is 2.45. The molecule has 2 fully saturated rings. The minimum atomic E-state index is -1.67. The van der Waals surface area contributed by atoms with Crippen molar-refractivity contribution in [2.45, 2.75) is 100 Å². The van der Waals surface area contributed by atoms with Gasteiger partial charge in [-0.25, -0.2) is 9.36 Å². The first-order valence-electron chi connectivity index (χ1n) is 20.7. The molecule has 4 aliphatic heterocycles. The second kappa shape index (κ2) is 18.3. The van der Waals surface area contributed by atoms with Gasteiger partial charge in [-0.2, -0.15) is 0 Å². The van der Waals surface area contributed by atoms with Gasteiger partial charge in [0.05, 0.1) is 24.5 Å². The molecular weight excluding hydrogens is 844 g/mol. The van der Waals surface area contributed by atoms with Crippen LogP contribution in [0.4, 0.5) is 0 Å². The molecule has 2 aromatic carbocycles. The second-order valence-electron chi connectivity index (χ2n) is 16.7. The first-order valence-corrected chi connectivity index (χ1v) is 20.7. The van der Waals surface area contributed by atoms with Crippen molar-refractivity contribution in [1.29, 1.82) is 0 Å². The first kappa shape index (κ1) is 45.4. The smallest absolute Gasteiger partial charge is 0.261 e. The van der Waals surface area contributed by atoms with Gasteiger partial charge in [0.15, 0.2) is 12.6 Å². The van der Waals surface area contributed by atoms with Crippen LogP contribution in [-0.4, -0.2) is 216 Å². The maximum absolute atomic E-state index is 13.8. The van der Waals surface area contributed by atoms with E-state index in [-0.39, 0.29) is 59.2 Å². The van der Waals surface area contributed by atoms with E-state index in [4.69, 9.17) is 9.47 Å². The first-order chi connectivity index (χ1) is 30.5. The molecule has 6 heterocycles. The highest BCUT2D eigenvalue weighted by atomic mass is 16.6. The number of imide groups is 2. The van der Waals surface area contributed by atoms with E-state index in [2.05, 4.69) is 20.6 Å². The third kappa shape index (κ3) is 8.67. The van der Waals surface area contributed by atoms with Crippen molar-refractivity contribution in [3.05, 3.63) is 70.3 Å². The topological polar surface area (TPSA) is 323 Å². The van der Waals surface area contributed by atoms with Gasteiger partial charge in [-0.15, -0.1) is 10.2 Å². The van der Waals surface area contributed by atoms with Crippen LogP contribution in [0.25, 0.3) is 10.8 Å². The molecular formula is C40H50N10O14. The normalized spacial score (nSPS) is 28.4. The van der Waals surface area contributed by atoms with Gasteiger partial charge in [-0.3, -0.25) is 29.0 Å². The average Bonchev–Trinajstić information content (AvgIpc) is 3.91. The van der Waals surface area contributed by atoms with Crippen molar-refractivity contribution >= 4 is 34.4 Å². The molecule has 8 N–H and O–H groups in total. The molecule has 0 saturated carbocycles. The summed E-state index contributed by atoms with van der Waals surface area (Å²) >= 11 is 0. The Morgan fingerprint density at radius 2 is 0.875 bits per heavy atom. The molecule has 64 heavy (non-hydrogen) atoms. The molecule has 2 unspecified atom stereocenters. The number of hydrogen-bond donors (Lipinski definition) is 8. The summed E-state index contributed by atoms with van der Waals surface area (Å²) < 4.78 is 13.2. The SMILES string of the molecule is CN(CCCN1C(=O)c2ccc3c4c(ccc(c24)C1=O)C(=O)N(CCCN(C)Cc1cn(C[C@H]2OC(O)[C@H](O)[C@@H](O)[C@H]2O)nn1)C3=O)Cc1cn(C[C@H]2OC(O)[C@H](O)[C@@H](O)[C@H]2O)nn1. The van der Waals surface area contributed by atoms with E-state index in [1.54, 1.807) is 12.4 Å². The molecule has 10 atom stereocenters. The molecule has 2 aromatic heterocycles. The molecule has 4 amide bonds. The zero-order chi connectivity index (χ0) is 45.7. The van der Waals surface area contributed by atoms with Gasteiger partial charge in [0.1, 0.15) is 48.8 Å². The van der Waals surface area contributed by atoms with E-state index < -0.39 is 85.0 Å². The van der Waals surface area contributed by atoms with Crippen LogP contribution < -0.4 is 0 Å². The minimum Gasteiger partial charge on any atom is -0.388 e. The van der Waals surface area contributed by atoms with Crippen molar-refractivity contribution < 1.29 is 69.5 Å². The number of carbonyl (C=O) groups is 4. The molecule has 0 aliphatic carbocycles. The van der Waals surface area contributed by atoms with E-state index in [1.165, 1.54) is 33.6 Å². The third-order valence-corrected chi connectivity index (χ3v) is 12.1. The van der Waals surface area contributed by atoms with E-state index >= 15 is 0 Å². The van der Waals surface area contributed by atoms with Crippen LogP contribution in [0, 0.1) is 0 Å². The zero-order valence-electron chi connectivity index (χ0n) is 34.8. The van der Waals surface area contributed by atoms with Crippen LogP contribution >= 0.6 is 0 Å². The van der Waals surface area contributed by atoms with E-state index in [9.17, 15) is 60.0 Å². The molecule has 4 aliphatic rings. The Hall–Kier alpha value is -5.22. The predicted molar refractivity (Wildman–Crippen MR) is 214 cm³/mol. The van der Waals surface area contributed by atoms with Crippen molar-refractivity contribution in [2.75, 3.05) is 40.3 Å². The van der Waals surface area contributed by atoms with E-state index in [1.807, 2.05) is 23.9 Å². The minimum absolute atomic E-state index is 0.0489. The standard InChI is InChI=1S/C40H50N10O14/c1-45(13-19-15-47(43-41-19)17-25-29(51)31(53)33(55)39(61)63-25)9-3-11-49-35(57)21-5-7-23-28-24(8-6-22(27(21)28)36(49)58)38(60)50(37(23)59)12-4-10-46(2)14-20-16-48(44-42-20)18-26-30(52)32(54)34(56)40(62)64-26/h5-8,15-16,25-26,29-34,39-40,51-56,61-62H,3-4,9-14,17-18H2,1-2H3/t25-,26-,29+,30+,31+,32+,33-,34-,39?,40?/m1/s1. The van der Waals surface area contributed by atoms with Crippen LogP contribution in [0.3, 0.4) is 0 Å². The number of aromatic nitrogens is 6. The summed E-state index contributed by atoms with van der Waals surface area (Å²) in [6, 6.07) is 6.07. The Balaban J connectivity index is 0.833. The fourth-order valence-electron chi connectivity index (χ4n) is 8.62. The number of rotatable bonds is 16. The van der Waals surface area contributed by atoms with Gasteiger partial charge >= 0.3 is 0 Å². The van der Waals surface area contributed by atoms with Gasteiger partial charge in [-0.05, 0) is 64.3 Å². The molecule has 0 radical (unpaired) electrons. The fraction of sp³-hybridized carbons (Fsp3) is 0.550. The van der Waals surface area contributed by atoms with Gasteiger partial charge in [0, 0.05) is 71.6 Å². The number of carbonyl (C=O) groups excluding carboxylic acids is 4. The van der Waals surface area contributed by atoms with Crippen LogP contribution in [0.5, 0.6) is 0 Å². The summed E-state index contributed by atoms with van der Waals surface area (Å²) in [6.07, 6.45) is -10.8. The molecule has 344 valence electrons. The molecule has 8 rings (SSSR count). The second-order valence-corrected chi connectivity index (χ2v) is 16.7. The quantitative estimate of drug-likeness (QED) is 0.0495. The maximum Gasteiger partial charge on any atom is 0.261 e. The molecule has 24 nitrogen and oxygen atoms in total. The Bertz CT molecular complexity index is 2180. The Kier molecular flexibility index (Phi) is 13.0. The van der Waals surface area contributed by atoms with Crippen LogP contribution in [-0.2, 0) is 35.7 Å². The lowest BCUT2D eigenvalue weighted by atomic mass is 9.86. The number of amides is 4. The van der Waals surface area contributed by atoms with Gasteiger partial charge in [0.25, 0.3) is 23.6 Å². The Morgan fingerprint density at radius 3 is 1.22 bits per heavy atom. The summed E-state index contributed by atoms with van der Waals surface area (Å²) in [5, 5.41) is 96.3. The summed E-state index contributed by atoms with van der Waals surface area (Å²) in [4.78, 5) is 61.4. The largest absolute Gasteiger partial charge is 0.388 e. The summed E-state index contributed by atoms with van der Waals surface area (Å²) in [5.41, 5.74) is 1.97. The molecule has 0 bridgehead atoms. The van der Waals surface area contributed by atoms with Crippen LogP contribution in [0.2, 0.25) is 0 Å². The molecule has 24 heteroatoms. The zero-order valence-corrected chi connectivity index (χ0v) is 34.8. The Morgan fingerprint density at radius 1 is 0.531 bits per heavy atom. The van der Waals surface area contributed by atoms with Crippen molar-refractivity contribution in [1.82, 2.24) is 49.6 Å². The van der Waals surface area contributed by atoms with Crippen LogP contribution in [0.15, 0.2) is 36.7 Å². The number of ether oxygens (including phenoxy) is 2. The fourth-order valence-corrected chi connectivity index (χ4v) is 8.62. The predicted octanol–water partition coefficient (Wildman–Crippen LogP) is -4.14.